The number of benzene rings is 2. The third-order valence-electron chi connectivity index (χ3n) is 11.1. The van der Waals surface area contributed by atoms with Gasteiger partial charge in [-0.1, -0.05) is 66.6 Å². The number of hydrogen-bond acceptors (Lipinski definition) is 3. The van der Waals surface area contributed by atoms with E-state index in [1.54, 1.807) is 12.2 Å². The molecule has 47 heavy (non-hydrogen) atoms. The van der Waals surface area contributed by atoms with Crippen molar-refractivity contribution in [3.05, 3.63) is 94.1 Å². The van der Waals surface area contributed by atoms with E-state index in [9.17, 15) is 27.9 Å². The monoisotopic (exact) mass is 654 g/mol. The lowest BCUT2D eigenvalue weighted by atomic mass is 9.50. The maximum Gasteiger partial charge on any atom is 0.456 e. The Bertz CT molecular complexity index is 1640. The normalized spacial score (nSPS) is 29.2. The van der Waals surface area contributed by atoms with E-state index in [1.807, 2.05) is 61.5 Å². The average Bonchev–Trinajstić information content (AvgIpc) is 3.31. The Morgan fingerprint density at radius 1 is 1.00 bits per heavy atom. The number of aliphatic hydroxyl groups is 1. The predicted octanol–water partition coefficient (Wildman–Crippen LogP) is 8.66. The molecular weight excluding hydrogens is 615 g/mol. The molecule has 0 radical (unpaired) electrons. The van der Waals surface area contributed by atoms with Crippen molar-refractivity contribution >= 4 is 23.6 Å². The zero-order chi connectivity index (χ0) is 33.8. The number of nitrogens with one attached hydrogen (secondary N) is 2. The molecule has 0 heterocycles. The van der Waals surface area contributed by atoms with Crippen molar-refractivity contribution in [3.63, 3.8) is 0 Å². The zero-order valence-electron chi connectivity index (χ0n) is 26.4. The van der Waals surface area contributed by atoms with Gasteiger partial charge in [-0.05, 0) is 97.8 Å². The fraction of sp³-hybridized carbons (Fsp3) is 0.459. The molecule has 2 amide bonds. The second-order valence-corrected chi connectivity index (χ2v) is 13.7. The van der Waals surface area contributed by atoms with Crippen LogP contribution in [0.3, 0.4) is 0 Å². The molecule has 10 heteroatoms. The van der Waals surface area contributed by atoms with E-state index in [-0.39, 0.29) is 37.1 Å². The summed E-state index contributed by atoms with van der Waals surface area (Å²) < 4.78 is 71.8. The Morgan fingerprint density at radius 2 is 1.70 bits per heavy atom. The number of allylic oxidation sites excluding steroid dienone is 4. The van der Waals surface area contributed by atoms with Crippen molar-refractivity contribution < 1.29 is 36.6 Å². The predicted molar refractivity (Wildman–Crippen MR) is 170 cm³/mol. The quantitative estimate of drug-likeness (QED) is 0.273. The number of urea groups is 1. The van der Waals surface area contributed by atoms with Crippen molar-refractivity contribution in [1.29, 1.82) is 0 Å². The second-order valence-electron chi connectivity index (χ2n) is 13.7. The summed E-state index contributed by atoms with van der Waals surface area (Å²) in [5, 5.41) is 17.0. The molecule has 0 aromatic heterocycles. The number of aryl methyl sites for hydroxylation is 1. The van der Waals surface area contributed by atoms with Gasteiger partial charge in [-0.15, -0.1) is 0 Å². The van der Waals surface area contributed by atoms with Crippen LogP contribution in [0.4, 0.5) is 32.4 Å². The average molecular weight is 655 g/mol. The second kappa shape index (κ2) is 12.0. The van der Waals surface area contributed by atoms with Gasteiger partial charge in [0.25, 0.3) is 0 Å². The van der Waals surface area contributed by atoms with E-state index in [4.69, 9.17) is 0 Å². The summed E-state index contributed by atoms with van der Waals surface area (Å²) in [5.74, 6) is -6.54. The summed E-state index contributed by atoms with van der Waals surface area (Å²) in [5.41, 5.74) is 1.41. The minimum Gasteiger partial charge on any atom is -0.383 e. The summed E-state index contributed by atoms with van der Waals surface area (Å²) in [7, 11) is 0. The van der Waals surface area contributed by atoms with E-state index in [0.717, 1.165) is 33.4 Å². The minimum atomic E-state index is -5.88. The molecule has 6 rings (SSSR count). The number of ketones is 1. The van der Waals surface area contributed by atoms with Crippen LogP contribution in [0.5, 0.6) is 0 Å². The fourth-order valence-electron chi connectivity index (χ4n) is 8.71. The van der Waals surface area contributed by atoms with Crippen LogP contribution in [-0.2, 0) is 4.79 Å². The molecule has 2 aromatic rings. The molecule has 2 saturated carbocycles. The molecule has 0 unspecified atom stereocenters. The van der Waals surface area contributed by atoms with Gasteiger partial charge in [-0.25, -0.2) is 4.79 Å². The molecule has 0 aliphatic heterocycles. The van der Waals surface area contributed by atoms with Crippen LogP contribution in [0.2, 0.25) is 0 Å². The highest BCUT2D eigenvalue weighted by Crippen LogP contribution is 2.70. The lowest BCUT2D eigenvalue weighted by Crippen LogP contribution is -2.65. The largest absolute Gasteiger partial charge is 0.456 e. The van der Waals surface area contributed by atoms with Gasteiger partial charge < -0.3 is 15.7 Å². The minimum absolute atomic E-state index is 0.0401. The molecule has 2 aromatic carbocycles. The third-order valence-corrected chi connectivity index (χ3v) is 11.1. The van der Waals surface area contributed by atoms with Gasteiger partial charge >= 0.3 is 18.1 Å². The number of halogens is 5. The van der Waals surface area contributed by atoms with Crippen LogP contribution >= 0.6 is 0 Å². The molecule has 4 aliphatic rings. The summed E-state index contributed by atoms with van der Waals surface area (Å²) in [6.07, 6.45) is 0.718. The van der Waals surface area contributed by atoms with E-state index in [0.29, 0.717) is 31.4 Å². The Hall–Kier alpha value is -3.79. The molecule has 0 spiro atoms. The lowest BCUT2D eigenvalue weighted by Gasteiger charge is -2.56. The van der Waals surface area contributed by atoms with Crippen LogP contribution in [0, 0.1) is 24.2 Å². The number of amides is 2. The highest BCUT2D eigenvalue weighted by molar-refractivity contribution is 5.93. The SMILES string of the molecule is Cc1ccc(NC(=O)NC/C=C/c2ccc([C@H]3C[C@@]4(C)[C@@H](CC[C@@]4(O)C(F)(F)C(F)(F)F)[C@@H]4CCC5=CC(=O)CCC5=C43)cc2)cc1. The first-order chi connectivity index (χ1) is 22.1. The highest BCUT2D eigenvalue weighted by atomic mass is 19.4. The molecule has 5 atom stereocenters. The summed E-state index contributed by atoms with van der Waals surface area (Å²) in [6.45, 7) is 3.64. The Kier molecular flexibility index (Phi) is 8.47. The fourth-order valence-corrected chi connectivity index (χ4v) is 8.71. The molecular formula is C37H39F5N2O3. The topological polar surface area (TPSA) is 78.4 Å². The first-order valence-corrected chi connectivity index (χ1v) is 16.2. The van der Waals surface area contributed by atoms with E-state index < -0.39 is 41.4 Å². The van der Waals surface area contributed by atoms with Gasteiger partial charge in [-0.2, -0.15) is 22.0 Å². The Labute approximate surface area is 271 Å². The van der Waals surface area contributed by atoms with Gasteiger partial charge in [-0.3, -0.25) is 4.79 Å². The number of carbonyl (C=O) groups is 2. The maximum absolute atomic E-state index is 15.2. The van der Waals surface area contributed by atoms with E-state index >= 15 is 8.78 Å². The van der Waals surface area contributed by atoms with Crippen LogP contribution in [0.25, 0.3) is 6.08 Å². The van der Waals surface area contributed by atoms with E-state index in [2.05, 4.69) is 10.6 Å². The number of carbonyl (C=O) groups excluding carboxylic acids is 2. The lowest BCUT2D eigenvalue weighted by molar-refractivity contribution is -0.362. The van der Waals surface area contributed by atoms with Crippen molar-refractivity contribution in [2.24, 2.45) is 17.3 Å². The summed E-state index contributed by atoms with van der Waals surface area (Å²) in [6, 6.07) is 14.5. The molecule has 0 saturated heterocycles. The van der Waals surface area contributed by atoms with Crippen molar-refractivity contribution in [2.75, 3.05) is 11.9 Å². The van der Waals surface area contributed by atoms with E-state index in [1.165, 1.54) is 6.92 Å². The van der Waals surface area contributed by atoms with Gasteiger partial charge in [0.05, 0.1) is 0 Å². The maximum atomic E-state index is 15.2. The molecule has 4 aliphatic carbocycles. The summed E-state index contributed by atoms with van der Waals surface area (Å²) >= 11 is 0. The standard InChI is InChI=1S/C37H39F5N2O3/c1-22-5-12-26(13-6-22)44-33(46)43-19-3-4-23-7-9-24(10-8-23)30-21-34(2)31(17-18-35(34,47)36(38,39)37(40,41)42)29-15-11-25-20-27(45)14-16-28(25)32(29)30/h3-10,12-13,20,29-31,47H,11,14-19,21H2,1-2H3,(H2,43,44,46)/b4-3+/t29-,30+,31-,34-,35-/m0/s1. The number of hydrogen-bond donors (Lipinski definition) is 3. The first-order valence-electron chi connectivity index (χ1n) is 16.2. The first kappa shape index (κ1) is 33.1. The number of alkyl halides is 5. The van der Waals surface area contributed by atoms with Crippen LogP contribution < -0.4 is 10.6 Å². The number of rotatable bonds is 6. The number of anilines is 1. The molecule has 2 fully saturated rings. The van der Waals surface area contributed by atoms with Gasteiger partial charge in [0.1, 0.15) is 5.60 Å². The van der Waals surface area contributed by atoms with Crippen molar-refractivity contribution in [2.45, 2.75) is 82.4 Å². The Morgan fingerprint density at radius 3 is 2.38 bits per heavy atom. The van der Waals surface area contributed by atoms with Crippen LogP contribution in [-0.4, -0.2) is 41.2 Å². The number of fused-ring (bicyclic) bond motifs is 4. The highest BCUT2D eigenvalue weighted by Gasteiger charge is 2.79. The van der Waals surface area contributed by atoms with Crippen LogP contribution in [0.1, 0.15) is 74.5 Å². The molecule has 250 valence electrons. The Balaban J connectivity index is 1.26. The van der Waals surface area contributed by atoms with Gasteiger partial charge in [0.15, 0.2) is 5.78 Å². The summed E-state index contributed by atoms with van der Waals surface area (Å²) in [4.78, 5) is 24.5. The molecule has 5 nitrogen and oxygen atoms in total. The zero-order valence-corrected chi connectivity index (χ0v) is 26.4. The van der Waals surface area contributed by atoms with Crippen molar-refractivity contribution in [1.82, 2.24) is 5.32 Å². The van der Waals surface area contributed by atoms with Gasteiger partial charge in [0, 0.05) is 30.0 Å². The van der Waals surface area contributed by atoms with Crippen molar-refractivity contribution in [3.8, 4) is 0 Å². The smallest absolute Gasteiger partial charge is 0.383 e. The van der Waals surface area contributed by atoms with Gasteiger partial charge in [0.2, 0.25) is 0 Å². The molecule has 0 bridgehead atoms. The molecule has 3 N–H and O–H groups in total. The third kappa shape index (κ3) is 5.72. The van der Waals surface area contributed by atoms with Crippen LogP contribution in [0.15, 0.2) is 77.4 Å².